The highest BCUT2D eigenvalue weighted by Gasteiger charge is 2.28. The lowest BCUT2D eigenvalue weighted by Gasteiger charge is -2.30. The summed E-state index contributed by atoms with van der Waals surface area (Å²) in [6, 6.07) is 3.41. The van der Waals surface area contributed by atoms with Crippen LogP contribution in [0.1, 0.15) is 6.92 Å². The molecule has 1 saturated heterocycles. The lowest BCUT2D eigenvalue weighted by atomic mass is 10.3. The summed E-state index contributed by atoms with van der Waals surface area (Å²) < 4.78 is 25.9. The number of aromatic nitrogens is 1. The second-order valence-corrected chi connectivity index (χ2v) is 5.84. The summed E-state index contributed by atoms with van der Waals surface area (Å²) in [6.45, 7) is 3.70. The molecule has 1 aliphatic heterocycles. The average molecular weight is 241 g/mol. The molecule has 1 N–H and O–H groups in total. The summed E-state index contributed by atoms with van der Waals surface area (Å²) in [5.41, 5.74) is 0. The Hall–Kier alpha value is -0.980. The fourth-order valence-electron chi connectivity index (χ4n) is 1.76. The van der Waals surface area contributed by atoms with Gasteiger partial charge in [0.1, 0.15) is 4.90 Å². The predicted molar refractivity (Wildman–Crippen MR) is 60.5 cm³/mol. The lowest BCUT2D eigenvalue weighted by Crippen LogP contribution is -2.51. The zero-order chi connectivity index (χ0) is 11.6. The van der Waals surface area contributed by atoms with Crippen molar-refractivity contribution in [2.24, 2.45) is 0 Å². The van der Waals surface area contributed by atoms with Crippen molar-refractivity contribution >= 4 is 10.0 Å². The van der Waals surface area contributed by atoms with Gasteiger partial charge in [0.2, 0.25) is 10.0 Å². The molecule has 16 heavy (non-hydrogen) atoms. The molecule has 0 aliphatic carbocycles. The number of pyridine rings is 1. The zero-order valence-electron chi connectivity index (χ0n) is 9.13. The highest BCUT2D eigenvalue weighted by atomic mass is 32.2. The number of hydrogen-bond acceptors (Lipinski definition) is 4. The monoisotopic (exact) mass is 241 g/mol. The summed E-state index contributed by atoms with van der Waals surface area (Å²) in [5.74, 6) is 0. The van der Waals surface area contributed by atoms with Crippen LogP contribution in [0.2, 0.25) is 0 Å². The third-order valence-electron chi connectivity index (χ3n) is 2.60. The minimum Gasteiger partial charge on any atom is -0.312 e. The first-order valence-electron chi connectivity index (χ1n) is 5.24. The SMILES string of the molecule is C[C@@H]1CN(S(=O)(=O)c2cccnc2)CCN1. The van der Waals surface area contributed by atoms with Crippen LogP contribution < -0.4 is 5.32 Å². The van der Waals surface area contributed by atoms with E-state index < -0.39 is 10.0 Å². The minimum absolute atomic E-state index is 0.195. The Kier molecular flexibility index (Phi) is 3.22. The van der Waals surface area contributed by atoms with Gasteiger partial charge in [-0.25, -0.2) is 8.42 Å². The van der Waals surface area contributed by atoms with Crippen LogP contribution in [0, 0.1) is 0 Å². The number of nitrogens with one attached hydrogen (secondary N) is 1. The second-order valence-electron chi connectivity index (χ2n) is 3.91. The molecule has 6 heteroatoms. The minimum atomic E-state index is -3.36. The Bertz CT molecular complexity index is 446. The van der Waals surface area contributed by atoms with Gasteiger partial charge in [-0.2, -0.15) is 4.31 Å². The Morgan fingerprint density at radius 3 is 3.00 bits per heavy atom. The van der Waals surface area contributed by atoms with Crippen molar-refractivity contribution in [3.63, 3.8) is 0 Å². The van der Waals surface area contributed by atoms with E-state index in [-0.39, 0.29) is 10.9 Å². The van der Waals surface area contributed by atoms with Crippen LogP contribution in [0.25, 0.3) is 0 Å². The summed E-state index contributed by atoms with van der Waals surface area (Å²) in [7, 11) is -3.36. The molecule has 0 spiro atoms. The molecule has 5 nitrogen and oxygen atoms in total. The summed E-state index contributed by atoms with van der Waals surface area (Å²) in [6.07, 6.45) is 2.96. The van der Waals surface area contributed by atoms with E-state index in [0.717, 1.165) is 0 Å². The maximum atomic E-state index is 12.2. The molecular weight excluding hydrogens is 226 g/mol. The zero-order valence-corrected chi connectivity index (χ0v) is 9.94. The standard InChI is InChI=1S/C10H15N3O2S/c1-9-8-13(6-5-12-9)16(14,15)10-3-2-4-11-7-10/h2-4,7,9,12H,5-6,8H2,1H3/t9-/m1/s1. The molecule has 0 aromatic carbocycles. The highest BCUT2D eigenvalue weighted by molar-refractivity contribution is 7.89. The van der Waals surface area contributed by atoms with E-state index in [1.165, 1.54) is 10.5 Å². The van der Waals surface area contributed by atoms with Crippen LogP contribution in [0.3, 0.4) is 0 Å². The molecular formula is C10H15N3O2S. The quantitative estimate of drug-likeness (QED) is 0.795. The number of nitrogens with zero attached hydrogens (tertiary/aromatic N) is 2. The van der Waals surface area contributed by atoms with Crippen molar-refractivity contribution in [3.05, 3.63) is 24.5 Å². The van der Waals surface area contributed by atoms with E-state index in [1.54, 1.807) is 18.3 Å². The van der Waals surface area contributed by atoms with Crippen LogP contribution in [-0.4, -0.2) is 43.4 Å². The van der Waals surface area contributed by atoms with Crippen LogP contribution in [0.5, 0.6) is 0 Å². The van der Waals surface area contributed by atoms with Crippen LogP contribution in [0.4, 0.5) is 0 Å². The van der Waals surface area contributed by atoms with E-state index in [9.17, 15) is 8.42 Å². The fourth-order valence-corrected chi connectivity index (χ4v) is 3.26. The van der Waals surface area contributed by atoms with Crippen molar-refractivity contribution in [2.45, 2.75) is 17.9 Å². The molecule has 2 rings (SSSR count). The topological polar surface area (TPSA) is 62.3 Å². The number of piperazine rings is 1. The van der Waals surface area contributed by atoms with E-state index >= 15 is 0 Å². The molecule has 0 radical (unpaired) electrons. The molecule has 0 saturated carbocycles. The summed E-state index contributed by atoms with van der Waals surface area (Å²) >= 11 is 0. The predicted octanol–water partition coefficient (Wildman–Crippen LogP) is 0.0640. The van der Waals surface area contributed by atoms with Crippen molar-refractivity contribution in [3.8, 4) is 0 Å². The first-order chi connectivity index (χ1) is 7.60. The van der Waals surface area contributed by atoms with Gasteiger partial charge in [-0.3, -0.25) is 4.98 Å². The Balaban J connectivity index is 2.26. The number of hydrogen-bond donors (Lipinski definition) is 1. The van der Waals surface area contributed by atoms with E-state index in [0.29, 0.717) is 19.6 Å². The maximum Gasteiger partial charge on any atom is 0.244 e. The molecule has 1 aromatic rings. The average Bonchev–Trinajstić information content (AvgIpc) is 2.30. The third kappa shape index (κ3) is 2.23. The molecule has 2 heterocycles. The molecule has 1 atom stereocenters. The smallest absolute Gasteiger partial charge is 0.244 e. The molecule has 88 valence electrons. The number of rotatable bonds is 2. The van der Waals surface area contributed by atoms with Gasteiger partial charge < -0.3 is 5.32 Å². The molecule has 1 aromatic heterocycles. The number of sulfonamides is 1. The van der Waals surface area contributed by atoms with Crippen LogP contribution >= 0.6 is 0 Å². The molecule has 1 aliphatic rings. The Morgan fingerprint density at radius 1 is 1.56 bits per heavy atom. The van der Waals surface area contributed by atoms with Gasteiger partial charge in [-0.05, 0) is 19.1 Å². The van der Waals surface area contributed by atoms with Gasteiger partial charge in [0.05, 0.1) is 0 Å². The third-order valence-corrected chi connectivity index (χ3v) is 4.45. The largest absolute Gasteiger partial charge is 0.312 e. The van der Waals surface area contributed by atoms with Gasteiger partial charge in [-0.1, -0.05) is 0 Å². The molecule has 0 unspecified atom stereocenters. The van der Waals surface area contributed by atoms with Gasteiger partial charge >= 0.3 is 0 Å². The van der Waals surface area contributed by atoms with Crippen molar-refractivity contribution < 1.29 is 8.42 Å². The second kappa shape index (κ2) is 4.48. The Morgan fingerprint density at radius 2 is 2.38 bits per heavy atom. The summed E-state index contributed by atoms with van der Waals surface area (Å²) in [4.78, 5) is 4.11. The highest BCUT2D eigenvalue weighted by Crippen LogP contribution is 2.15. The van der Waals surface area contributed by atoms with E-state index in [4.69, 9.17) is 0 Å². The molecule has 1 fully saturated rings. The van der Waals surface area contributed by atoms with Gasteiger partial charge in [0.25, 0.3) is 0 Å². The first kappa shape index (κ1) is 11.5. The van der Waals surface area contributed by atoms with Crippen molar-refractivity contribution in [1.82, 2.24) is 14.6 Å². The Labute approximate surface area is 95.5 Å². The van der Waals surface area contributed by atoms with Gasteiger partial charge in [-0.15, -0.1) is 0 Å². The van der Waals surface area contributed by atoms with Crippen molar-refractivity contribution in [1.29, 1.82) is 0 Å². The lowest BCUT2D eigenvalue weighted by molar-refractivity contribution is 0.310. The van der Waals surface area contributed by atoms with Crippen LogP contribution in [-0.2, 0) is 10.0 Å². The van der Waals surface area contributed by atoms with Gasteiger partial charge in [0.15, 0.2) is 0 Å². The fraction of sp³-hybridized carbons (Fsp3) is 0.500. The normalized spacial score (nSPS) is 23.2. The van der Waals surface area contributed by atoms with Crippen molar-refractivity contribution in [2.75, 3.05) is 19.6 Å². The van der Waals surface area contributed by atoms with E-state index in [2.05, 4.69) is 10.3 Å². The maximum absolute atomic E-state index is 12.2. The van der Waals surface area contributed by atoms with Crippen LogP contribution in [0.15, 0.2) is 29.4 Å². The molecule has 0 bridgehead atoms. The first-order valence-corrected chi connectivity index (χ1v) is 6.68. The summed E-state index contributed by atoms with van der Waals surface area (Å²) in [5, 5.41) is 3.21. The van der Waals surface area contributed by atoms with E-state index in [1.807, 2.05) is 6.92 Å². The molecule has 0 amide bonds. The van der Waals surface area contributed by atoms with Gasteiger partial charge in [0, 0.05) is 38.1 Å².